The predicted molar refractivity (Wildman–Crippen MR) is 85.8 cm³/mol. The first-order valence-electron chi connectivity index (χ1n) is 7.06. The number of benzene rings is 2. The molecular formula is C18H21NO2. The van der Waals surface area contributed by atoms with Gasteiger partial charge in [0.25, 0.3) is 5.91 Å². The van der Waals surface area contributed by atoms with Crippen LogP contribution in [0.4, 0.5) is 5.69 Å². The van der Waals surface area contributed by atoms with Crippen LogP contribution in [0.25, 0.3) is 0 Å². The molecule has 0 saturated heterocycles. The van der Waals surface area contributed by atoms with Crippen molar-refractivity contribution in [1.29, 1.82) is 0 Å². The highest BCUT2D eigenvalue weighted by molar-refractivity contribution is 5.94. The molecule has 110 valence electrons. The Bertz CT molecular complexity index is 612. The van der Waals surface area contributed by atoms with Gasteiger partial charge in [-0.05, 0) is 63.1 Å². The van der Waals surface area contributed by atoms with E-state index in [0.717, 1.165) is 28.1 Å². The molecule has 21 heavy (non-hydrogen) atoms. The van der Waals surface area contributed by atoms with Gasteiger partial charge in [-0.1, -0.05) is 23.8 Å². The van der Waals surface area contributed by atoms with E-state index >= 15 is 0 Å². The molecule has 0 aliphatic rings. The number of ether oxygens (including phenoxy) is 1. The fraction of sp³-hybridized carbons (Fsp3) is 0.278. The molecule has 1 N–H and O–H groups in total. The smallest absolute Gasteiger partial charge is 0.265 e. The predicted octanol–water partition coefficient (Wildman–Crippen LogP) is 4.02. The lowest BCUT2D eigenvalue weighted by atomic mass is 10.1. The van der Waals surface area contributed by atoms with Crippen LogP contribution < -0.4 is 10.1 Å². The molecule has 0 saturated carbocycles. The second-order valence-corrected chi connectivity index (χ2v) is 5.44. The number of carbonyl (C=O) groups excluding carboxylic acids is 1. The van der Waals surface area contributed by atoms with Gasteiger partial charge in [-0.2, -0.15) is 0 Å². The van der Waals surface area contributed by atoms with Gasteiger partial charge in [-0.25, -0.2) is 0 Å². The van der Waals surface area contributed by atoms with E-state index in [0.29, 0.717) is 0 Å². The van der Waals surface area contributed by atoms with Crippen LogP contribution in [0.1, 0.15) is 23.6 Å². The average Bonchev–Trinajstić information content (AvgIpc) is 2.40. The van der Waals surface area contributed by atoms with Gasteiger partial charge >= 0.3 is 0 Å². The normalized spacial score (nSPS) is 11.8. The van der Waals surface area contributed by atoms with Crippen molar-refractivity contribution in [2.24, 2.45) is 0 Å². The molecular weight excluding hydrogens is 262 g/mol. The van der Waals surface area contributed by atoms with Gasteiger partial charge in [0.05, 0.1) is 0 Å². The summed E-state index contributed by atoms with van der Waals surface area (Å²) in [7, 11) is 0. The molecule has 1 atom stereocenters. The highest BCUT2D eigenvalue weighted by Crippen LogP contribution is 2.18. The van der Waals surface area contributed by atoms with E-state index < -0.39 is 6.10 Å². The summed E-state index contributed by atoms with van der Waals surface area (Å²) in [5.41, 5.74) is 4.18. The number of carbonyl (C=O) groups is 1. The van der Waals surface area contributed by atoms with Crippen LogP contribution in [-0.2, 0) is 4.79 Å². The minimum absolute atomic E-state index is 0.155. The van der Waals surface area contributed by atoms with Crippen molar-refractivity contribution in [2.75, 3.05) is 5.32 Å². The summed E-state index contributed by atoms with van der Waals surface area (Å²) in [6.07, 6.45) is -0.549. The van der Waals surface area contributed by atoms with Crippen LogP contribution >= 0.6 is 0 Å². The standard InChI is InChI=1S/C18H21NO2/c1-12-5-7-16(8-6-12)19-18(20)15(4)21-17-10-13(2)9-14(3)11-17/h5-11,15H,1-4H3,(H,19,20)/t15-/m1/s1. The minimum atomic E-state index is -0.549. The zero-order valence-corrected chi connectivity index (χ0v) is 12.9. The number of anilines is 1. The van der Waals surface area contributed by atoms with Crippen molar-refractivity contribution >= 4 is 11.6 Å². The second kappa shape index (κ2) is 6.44. The van der Waals surface area contributed by atoms with Gasteiger partial charge in [0.2, 0.25) is 0 Å². The fourth-order valence-corrected chi connectivity index (χ4v) is 2.14. The van der Waals surface area contributed by atoms with Crippen LogP contribution in [0.2, 0.25) is 0 Å². The molecule has 0 radical (unpaired) electrons. The Labute approximate surface area is 126 Å². The zero-order chi connectivity index (χ0) is 15.4. The van der Waals surface area contributed by atoms with Gasteiger partial charge in [-0.3, -0.25) is 4.79 Å². The summed E-state index contributed by atoms with van der Waals surface area (Å²) >= 11 is 0. The Morgan fingerprint density at radius 3 is 2.10 bits per heavy atom. The van der Waals surface area contributed by atoms with Gasteiger partial charge in [0.1, 0.15) is 5.75 Å². The molecule has 3 heteroatoms. The monoisotopic (exact) mass is 283 g/mol. The maximum Gasteiger partial charge on any atom is 0.265 e. The summed E-state index contributed by atoms with van der Waals surface area (Å²) in [4.78, 5) is 12.1. The summed E-state index contributed by atoms with van der Waals surface area (Å²) in [6.45, 7) is 7.78. The Kier molecular flexibility index (Phi) is 4.63. The number of amides is 1. The highest BCUT2D eigenvalue weighted by Gasteiger charge is 2.15. The molecule has 0 bridgehead atoms. The molecule has 0 fully saturated rings. The SMILES string of the molecule is Cc1ccc(NC(=O)[C@@H](C)Oc2cc(C)cc(C)c2)cc1. The average molecular weight is 283 g/mol. The first-order chi connectivity index (χ1) is 9.94. The van der Waals surface area contributed by atoms with Crippen molar-refractivity contribution in [1.82, 2.24) is 0 Å². The van der Waals surface area contributed by atoms with E-state index in [1.54, 1.807) is 6.92 Å². The van der Waals surface area contributed by atoms with Crippen molar-refractivity contribution < 1.29 is 9.53 Å². The first kappa shape index (κ1) is 15.1. The van der Waals surface area contributed by atoms with Crippen molar-refractivity contribution in [3.8, 4) is 5.75 Å². The summed E-state index contributed by atoms with van der Waals surface area (Å²) in [5, 5.41) is 2.85. The van der Waals surface area contributed by atoms with Gasteiger partial charge in [-0.15, -0.1) is 0 Å². The number of rotatable bonds is 4. The summed E-state index contributed by atoms with van der Waals surface area (Å²) in [5.74, 6) is 0.567. The van der Waals surface area contributed by atoms with Crippen molar-refractivity contribution in [3.63, 3.8) is 0 Å². The topological polar surface area (TPSA) is 38.3 Å². The third-order valence-corrected chi connectivity index (χ3v) is 3.20. The molecule has 2 rings (SSSR count). The number of hydrogen-bond donors (Lipinski definition) is 1. The maximum atomic E-state index is 12.1. The molecule has 0 aromatic heterocycles. The van der Waals surface area contributed by atoms with E-state index in [1.165, 1.54) is 0 Å². The lowest BCUT2D eigenvalue weighted by molar-refractivity contribution is -0.122. The maximum absolute atomic E-state index is 12.1. The Hall–Kier alpha value is -2.29. The largest absolute Gasteiger partial charge is 0.481 e. The molecule has 3 nitrogen and oxygen atoms in total. The number of aryl methyl sites for hydroxylation is 3. The van der Waals surface area contributed by atoms with Crippen LogP contribution in [-0.4, -0.2) is 12.0 Å². The van der Waals surface area contributed by atoms with Gasteiger partial charge in [0, 0.05) is 5.69 Å². The fourth-order valence-electron chi connectivity index (χ4n) is 2.14. The molecule has 0 unspecified atom stereocenters. The Balaban J connectivity index is 2.00. The lowest BCUT2D eigenvalue weighted by Crippen LogP contribution is -2.30. The minimum Gasteiger partial charge on any atom is -0.481 e. The molecule has 0 aliphatic heterocycles. The number of nitrogens with one attached hydrogen (secondary N) is 1. The third kappa shape index (κ3) is 4.35. The van der Waals surface area contributed by atoms with Gasteiger partial charge < -0.3 is 10.1 Å². The Morgan fingerprint density at radius 2 is 1.52 bits per heavy atom. The first-order valence-corrected chi connectivity index (χ1v) is 7.06. The lowest BCUT2D eigenvalue weighted by Gasteiger charge is -2.15. The van der Waals surface area contributed by atoms with Crippen LogP contribution in [0.15, 0.2) is 42.5 Å². The molecule has 0 spiro atoms. The Morgan fingerprint density at radius 1 is 0.952 bits per heavy atom. The van der Waals surface area contributed by atoms with E-state index in [9.17, 15) is 4.79 Å². The summed E-state index contributed by atoms with van der Waals surface area (Å²) < 4.78 is 5.72. The zero-order valence-electron chi connectivity index (χ0n) is 12.9. The highest BCUT2D eigenvalue weighted by atomic mass is 16.5. The summed E-state index contributed by atoms with van der Waals surface area (Å²) in [6, 6.07) is 13.6. The van der Waals surface area contributed by atoms with Gasteiger partial charge in [0.15, 0.2) is 6.10 Å². The quantitative estimate of drug-likeness (QED) is 0.920. The van der Waals surface area contributed by atoms with Crippen molar-refractivity contribution in [3.05, 3.63) is 59.2 Å². The van der Waals surface area contributed by atoms with E-state index in [1.807, 2.05) is 57.2 Å². The van der Waals surface area contributed by atoms with Crippen LogP contribution in [0, 0.1) is 20.8 Å². The van der Waals surface area contributed by atoms with E-state index in [4.69, 9.17) is 4.74 Å². The molecule has 2 aromatic rings. The molecule has 0 aliphatic carbocycles. The third-order valence-electron chi connectivity index (χ3n) is 3.20. The number of hydrogen-bond acceptors (Lipinski definition) is 2. The molecule has 0 heterocycles. The molecule has 1 amide bonds. The van der Waals surface area contributed by atoms with Crippen LogP contribution in [0.3, 0.4) is 0 Å². The van der Waals surface area contributed by atoms with E-state index in [-0.39, 0.29) is 5.91 Å². The molecule has 2 aromatic carbocycles. The van der Waals surface area contributed by atoms with E-state index in [2.05, 4.69) is 11.4 Å². The van der Waals surface area contributed by atoms with Crippen LogP contribution in [0.5, 0.6) is 5.75 Å². The second-order valence-electron chi connectivity index (χ2n) is 5.44. The van der Waals surface area contributed by atoms with Crippen molar-refractivity contribution in [2.45, 2.75) is 33.8 Å².